The molecule has 0 aliphatic carbocycles. The van der Waals surface area contributed by atoms with Crippen LogP contribution in [0.25, 0.3) is 10.8 Å². The summed E-state index contributed by atoms with van der Waals surface area (Å²) in [4.78, 5) is 1.82. The van der Waals surface area contributed by atoms with Gasteiger partial charge in [0, 0.05) is 18.1 Å². The maximum atomic E-state index is 14.0. The Hall–Kier alpha value is -2.40. The van der Waals surface area contributed by atoms with Crippen LogP contribution in [0.15, 0.2) is 42.5 Å². The van der Waals surface area contributed by atoms with Gasteiger partial charge in [-0.3, -0.25) is 0 Å². The maximum absolute atomic E-state index is 14.0. The molecule has 1 aromatic heterocycles. The first-order valence-corrected chi connectivity index (χ1v) is 6.98. The summed E-state index contributed by atoms with van der Waals surface area (Å²) in [6, 6.07) is 12.2. The predicted octanol–water partition coefficient (Wildman–Crippen LogP) is 4.20. The average Bonchev–Trinajstić information content (AvgIpc) is 2.55. The minimum atomic E-state index is -0.415. The van der Waals surface area contributed by atoms with Crippen LogP contribution >= 0.6 is 11.6 Å². The van der Waals surface area contributed by atoms with Crippen molar-refractivity contribution in [3.05, 3.63) is 53.4 Å². The van der Waals surface area contributed by atoms with Crippen LogP contribution in [-0.4, -0.2) is 24.4 Å². The zero-order valence-electron chi connectivity index (χ0n) is 12.0. The van der Waals surface area contributed by atoms with Crippen LogP contribution < -0.4 is 9.64 Å². The second kappa shape index (κ2) is 5.77. The van der Waals surface area contributed by atoms with E-state index in [2.05, 4.69) is 10.2 Å². The van der Waals surface area contributed by atoms with Crippen molar-refractivity contribution in [2.24, 2.45) is 0 Å². The van der Waals surface area contributed by atoms with Crippen LogP contribution in [0, 0.1) is 5.82 Å². The fourth-order valence-electron chi connectivity index (χ4n) is 2.29. The van der Waals surface area contributed by atoms with Gasteiger partial charge in [-0.1, -0.05) is 23.7 Å². The van der Waals surface area contributed by atoms with Crippen molar-refractivity contribution in [3.8, 4) is 5.75 Å². The lowest BCUT2D eigenvalue weighted by atomic mass is 10.1. The Labute approximate surface area is 132 Å². The van der Waals surface area contributed by atoms with Gasteiger partial charge in [-0.25, -0.2) is 4.39 Å². The van der Waals surface area contributed by atoms with E-state index >= 15 is 0 Å². The topological polar surface area (TPSA) is 38.2 Å². The maximum Gasteiger partial charge on any atom is 0.163 e. The van der Waals surface area contributed by atoms with Gasteiger partial charge in [0.05, 0.1) is 12.5 Å². The third-order valence-electron chi connectivity index (χ3n) is 3.47. The number of hydrogen-bond donors (Lipinski definition) is 0. The second-order valence-corrected chi connectivity index (χ2v) is 5.09. The highest BCUT2D eigenvalue weighted by Gasteiger charge is 2.15. The molecule has 4 nitrogen and oxygen atoms in total. The van der Waals surface area contributed by atoms with Crippen molar-refractivity contribution in [2.75, 3.05) is 19.1 Å². The predicted molar refractivity (Wildman–Crippen MR) is 85.6 cm³/mol. The van der Waals surface area contributed by atoms with Gasteiger partial charge in [0.25, 0.3) is 0 Å². The molecule has 112 valence electrons. The summed E-state index contributed by atoms with van der Waals surface area (Å²) in [6.07, 6.45) is 0. The van der Waals surface area contributed by atoms with Crippen LogP contribution in [0.3, 0.4) is 0 Å². The van der Waals surface area contributed by atoms with Gasteiger partial charge >= 0.3 is 0 Å². The lowest BCUT2D eigenvalue weighted by molar-refractivity contribution is 0.415. The summed E-state index contributed by atoms with van der Waals surface area (Å²) in [5.74, 6) is 0.876. The third kappa shape index (κ3) is 2.44. The highest BCUT2D eigenvalue weighted by atomic mass is 35.5. The van der Waals surface area contributed by atoms with Crippen molar-refractivity contribution in [1.29, 1.82) is 0 Å². The van der Waals surface area contributed by atoms with Crippen molar-refractivity contribution in [2.45, 2.75) is 0 Å². The molecule has 0 bridgehead atoms. The molecule has 2 aromatic carbocycles. The summed E-state index contributed by atoms with van der Waals surface area (Å²) in [7, 11) is 3.45. The standard InChI is InChI=1S/C16H13ClFN3O/c1-21(10-6-8-11(22-2)9-7-10)16-12-4-3-5-13(18)14(12)15(17)19-20-16/h3-9H,1-2H3. The minimum Gasteiger partial charge on any atom is -0.497 e. The van der Waals surface area contributed by atoms with Gasteiger partial charge in [-0.05, 0) is 30.3 Å². The number of rotatable bonds is 3. The van der Waals surface area contributed by atoms with E-state index in [4.69, 9.17) is 16.3 Å². The molecule has 0 amide bonds. The van der Waals surface area contributed by atoms with Crippen LogP contribution in [0.4, 0.5) is 15.9 Å². The number of fused-ring (bicyclic) bond motifs is 1. The molecule has 0 saturated heterocycles. The fraction of sp³-hybridized carbons (Fsp3) is 0.125. The Morgan fingerprint density at radius 1 is 1.09 bits per heavy atom. The van der Waals surface area contributed by atoms with Gasteiger partial charge in [0.15, 0.2) is 11.0 Å². The highest BCUT2D eigenvalue weighted by molar-refractivity contribution is 6.34. The zero-order chi connectivity index (χ0) is 15.7. The van der Waals surface area contributed by atoms with Gasteiger partial charge < -0.3 is 9.64 Å². The number of nitrogens with zero attached hydrogens (tertiary/aromatic N) is 3. The molecule has 0 fully saturated rings. The largest absolute Gasteiger partial charge is 0.497 e. The average molecular weight is 318 g/mol. The molecule has 3 aromatic rings. The van der Waals surface area contributed by atoms with Crippen LogP contribution in [0.1, 0.15) is 0 Å². The molecule has 0 saturated carbocycles. The first-order valence-electron chi connectivity index (χ1n) is 6.60. The summed E-state index contributed by atoms with van der Waals surface area (Å²) < 4.78 is 19.1. The Bertz CT molecular complexity index is 815. The number of ether oxygens (including phenoxy) is 1. The van der Waals surface area contributed by atoms with Gasteiger partial charge in [0.1, 0.15) is 11.6 Å². The molecular weight excluding hydrogens is 305 g/mol. The third-order valence-corrected chi connectivity index (χ3v) is 3.74. The van der Waals surface area contributed by atoms with Crippen molar-refractivity contribution < 1.29 is 9.13 Å². The van der Waals surface area contributed by atoms with Gasteiger partial charge in [-0.2, -0.15) is 0 Å². The van der Waals surface area contributed by atoms with Gasteiger partial charge in [0.2, 0.25) is 0 Å². The van der Waals surface area contributed by atoms with E-state index in [1.807, 2.05) is 36.2 Å². The molecule has 0 spiro atoms. The first-order chi connectivity index (χ1) is 10.6. The Morgan fingerprint density at radius 3 is 2.50 bits per heavy atom. The summed E-state index contributed by atoms with van der Waals surface area (Å²) in [5, 5.41) is 8.91. The molecule has 3 rings (SSSR count). The SMILES string of the molecule is COc1ccc(N(C)c2nnc(Cl)c3c(F)cccc23)cc1. The molecule has 6 heteroatoms. The molecule has 0 unspecified atom stereocenters. The zero-order valence-corrected chi connectivity index (χ0v) is 12.8. The molecule has 1 heterocycles. The van der Waals surface area contributed by atoms with E-state index in [1.165, 1.54) is 6.07 Å². The Morgan fingerprint density at radius 2 is 1.82 bits per heavy atom. The van der Waals surface area contributed by atoms with Gasteiger partial charge in [-0.15, -0.1) is 10.2 Å². The highest BCUT2D eigenvalue weighted by Crippen LogP contribution is 2.33. The number of hydrogen-bond acceptors (Lipinski definition) is 4. The summed E-state index contributed by atoms with van der Waals surface area (Å²) >= 11 is 5.98. The summed E-state index contributed by atoms with van der Waals surface area (Å²) in [6.45, 7) is 0. The number of aromatic nitrogens is 2. The first kappa shape index (κ1) is 14.5. The number of methoxy groups -OCH3 is 1. The van der Waals surface area contributed by atoms with E-state index in [1.54, 1.807) is 19.2 Å². The lowest BCUT2D eigenvalue weighted by Crippen LogP contribution is -2.12. The van der Waals surface area contributed by atoms with Crippen molar-refractivity contribution >= 4 is 33.9 Å². The van der Waals surface area contributed by atoms with Crippen LogP contribution in [-0.2, 0) is 0 Å². The molecule has 0 N–H and O–H groups in total. The molecule has 22 heavy (non-hydrogen) atoms. The molecule has 0 aliphatic rings. The molecule has 0 atom stereocenters. The van der Waals surface area contributed by atoms with Crippen molar-refractivity contribution in [3.63, 3.8) is 0 Å². The summed E-state index contributed by atoms with van der Waals surface area (Å²) in [5.41, 5.74) is 0.878. The molecular formula is C16H13ClFN3O. The lowest BCUT2D eigenvalue weighted by Gasteiger charge is -2.20. The fourth-order valence-corrected chi connectivity index (χ4v) is 2.52. The Balaban J connectivity index is 2.13. The van der Waals surface area contributed by atoms with E-state index in [0.717, 1.165) is 11.4 Å². The van der Waals surface area contributed by atoms with E-state index < -0.39 is 5.82 Å². The number of anilines is 2. The van der Waals surface area contributed by atoms with E-state index in [9.17, 15) is 4.39 Å². The number of benzene rings is 2. The van der Waals surface area contributed by atoms with Crippen LogP contribution in [0.5, 0.6) is 5.75 Å². The Kier molecular flexibility index (Phi) is 3.81. The molecule has 0 radical (unpaired) electrons. The van der Waals surface area contributed by atoms with Crippen molar-refractivity contribution in [1.82, 2.24) is 10.2 Å². The minimum absolute atomic E-state index is 0.0555. The van der Waals surface area contributed by atoms with E-state index in [0.29, 0.717) is 11.2 Å². The molecule has 0 aliphatic heterocycles. The number of halogens is 2. The van der Waals surface area contributed by atoms with E-state index in [-0.39, 0.29) is 10.5 Å². The smallest absolute Gasteiger partial charge is 0.163 e. The normalized spacial score (nSPS) is 10.7. The second-order valence-electron chi connectivity index (χ2n) is 4.73. The monoisotopic (exact) mass is 317 g/mol. The quantitative estimate of drug-likeness (QED) is 0.725. The van der Waals surface area contributed by atoms with Crippen LogP contribution in [0.2, 0.25) is 5.15 Å².